The maximum Gasteiger partial charge on any atom is 0.332 e. The molecule has 5 heteroatoms. The van der Waals surface area contributed by atoms with E-state index in [9.17, 15) is 9.36 Å². The largest absolute Gasteiger partial charge is 0.332 e. The van der Waals surface area contributed by atoms with E-state index in [1.54, 1.807) is 0 Å². The van der Waals surface area contributed by atoms with Crippen molar-refractivity contribution in [1.29, 1.82) is 0 Å². The lowest BCUT2D eigenvalue weighted by molar-refractivity contribution is -0.116. The van der Waals surface area contributed by atoms with E-state index in [0.717, 1.165) is 5.56 Å². The fourth-order valence-corrected chi connectivity index (χ4v) is 1.85. The number of ketones is 1. The summed E-state index contributed by atoms with van der Waals surface area (Å²) in [7, 11) is -4.19. The van der Waals surface area contributed by atoms with Crippen molar-refractivity contribution < 1.29 is 19.1 Å². The van der Waals surface area contributed by atoms with E-state index in [1.807, 2.05) is 30.3 Å². The minimum atomic E-state index is -4.19. The lowest BCUT2D eigenvalue weighted by atomic mass is 10.1. The van der Waals surface area contributed by atoms with Crippen molar-refractivity contribution in [2.75, 3.05) is 6.16 Å². The maximum atomic E-state index is 11.1. The number of benzene rings is 1. The number of Topliss-reactive ketones (excluding diaryl/α,β-unsaturated/α-hetero) is 1. The first kappa shape index (κ1) is 12.1. The fraction of sp³-hybridized carbons (Fsp3) is 0.300. The first-order valence-corrected chi connectivity index (χ1v) is 6.37. The summed E-state index contributed by atoms with van der Waals surface area (Å²) in [5, 5.41) is 0. The van der Waals surface area contributed by atoms with E-state index in [4.69, 9.17) is 9.79 Å². The van der Waals surface area contributed by atoms with Crippen molar-refractivity contribution in [3.63, 3.8) is 0 Å². The molecule has 0 saturated carbocycles. The van der Waals surface area contributed by atoms with Gasteiger partial charge in [0, 0.05) is 6.42 Å². The second-order valence-electron chi connectivity index (χ2n) is 3.35. The van der Waals surface area contributed by atoms with Crippen LogP contribution in [0.1, 0.15) is 12.0 Å². The van der Waals surface area contributed by atoms with E-state index in [1.165, 1.54) is 0 Å². The molecule has 0 heterocycles. The molecule has 82 valence electrons. The summed E-state index contributed by atoms with van der Waals surface area (Å²) >= 11 is 0. The van der Waals surface area contributed by atoms with Crippen LogP contribution in [0.5, 0.6) is 0 Å². The Morgan fingerprint density at radius 3 is 2.33 bits per heavy atom. The molecule has 0 atom stereocenters. The number of rotatable bonds is 5. The van der Waals surface area contributed by atoms with Gasteiger partial charge in [0.05, 0.1) is 0 Å². The Kier molecular flexibility index (Phi) is 4.21. The Labute approximate surface area is 88.1 Å². The van der Waals surface area contributed by atoms with Gasteiger partial charge in [-0.25, -0.2) is 0 Å². The van der Waals surface area contributed by atoms with Crippen LogP contribution in [0.3, 0.4) is 0 Å². The Hall–Kier alpha value is -0.960. The number of carbonyl (C=O) groups is 1. The molecule has 0 aliphatic rings. The highest BCUT2D eigenvalue weighted by atomic mass is 31.2. The van der Waals surface area contributed by atoms with Gasteiger partial charge < -0.3 is 9.79 Å². The zero-order chi connectivity index (χ0) is 11.3. The zero-order valence-electron chi connectivity index (χ0n) is 8.17. The highest BCUT2D eigenvalue weighted by Gasteiger charge is 2.18. The fourth-order valence-electron chi connectivity index (χ4n) is 1.24. The van der Waals surface area contributed by atoms with Gasteiger partial charge in [0.15, 0.2) is 0 Å². The van der Waals surface area contributed by atoms with Gasteiger partial charge in [0.2, 0.25) is 0 Å². The van der Waals surface area contributed by atoms with Crippen LogP contribution in [0, 0.1) is 0 Å². The smallest absolute Gasteiger partial charge is 0.324 e. The second-order valence-corrected chi connectivity index (χ2v) is 4.99. The molecule has 1 aromatic carbocycles. The molecule has 1 rings (SSSR count). The molecule has 0 saturated heterocycles. The van der Waals surface area contributed by atoms with Crippen molar-refractivity contribution in [2.45, 2.75) is 12.8 Å². The van der Waals surface area contributed by atoms with Crippen molar-refractivity contribution in [2.24, 2.45) is 0 Å². The molecule has 0 aliphatic carbocycles. The summed E-state index contributed by atoms with van der Waals surface area (Å²) in [6.07, 6.45) is 0.0502. The topological polar surface area (TPSA) is 74.6 Å². The zero-order valence-corrected chi connectivity index (χ0v) is 9.06. The maximum absolute atomic E-state index is 11.1. The molecule has 1 aromatic rings. The molecule has 0 unspecified atom stereocenters. The normalized spacial score (nSPS) is 11.3. The monoisotopic (exact) mass is 228 g/mol. The van der Waals surface area contributed by atoms with Gasteiger partial charge in [-0.3, -0.25) is 9.36 Å². The van der Waals surface area contributed by atoms with Crippen molar-refractivity contribution in [3.05, 3.63) is 35.9 Å². The van der Waals surface area contributed by atoms with Crippen LogP contribution in [-0.2, 0) is 15.8 Å². The van der Waals surface area contributed by atoms with Crippen LogP contribution in [0.2, 0.25) is 0 Å². The molecule has 15 heavy (non-hydrogen) atoms. The van der Waals surface area contributed by atoms with Gasteiger partial charge in [-0.2, -0.15) is 0 Å². The Bertz CT molecular complexity index is 368. The molecule has 0 fully saturated rings. The summed E-state index contributed by atoms with van der Waals surface area (Å²) in [5.74, 6) is -0.396. The van der Waals surface area contributed by atoms with Gasteiger partial charge in [0.25, 0.3) is 0 Å². The highest BCUT2D eigenvalue weighted by Crippen LogP contribution is 2.34. The van der Waals surface area contributed by atoms with Gasteiger partial charge >= 0.3 is 7.60 Å². The molecule has 0 aromatic heterocycles. The highest BCUT2D eigenvalue weighted by molar-refractivity contribution is 7.52. The van der Waals surface area contributed by atoms with Crippen molar-refractivity contribution >= 4 is 13.4 Å². The summed E-state index contributed by atoms with van der Waals surface area (Å²) in [4.78, 5) is 28.3. The lowest BCUT2D eigenvalue weighted by Crippen LogP contribution is -2.06. The summed E-state index contributed by atoms with van der Waals surface area (Å²) in [6.45, 7) is 0. The molecule has 0 amide bonds. The summed E-state index contributed by atoms with van der Waals surface area (Å²) < 4.78 is 10.5. The number of aryl methyl sites for hydroxylation is 1. The van der Waals surface area contributed by atoms with Crippen LogP contribution < -0.4 is 0 Å². The molecule has 0 spiro atoms. The predicted molar refractivity (Wildman–Crippen MR) is 56.7 cm³/mol. The quantitative estimate of drug-likeness (QED) is 0.746. The van der Waals surface area contributed by atoms with Crippen molar-refractivity contribution in [3.8, 4) is 0 Å². The average Bonchev–Trinajstić information content (AvgIpc) is 2.14. The Balaban J connectivity index is 2.39. The number of hydrogen-bond acceptors (Lipinski definition) is 2. The molecule has 0 bridgehead atoms. The van der Waals surface area contributed by atoms with Gasteiger partial charge in [0.1, 0.15) is 11.9 Å². The first-order chi connectivity index (χ1) is 6.97. The number of carbonyl (C=O) groups excluding carboxylic acids is 1. The summed E-state index contributed by atoms with van der Waals surface area (Å²) in [6, 6.07) is 9.36. The van der Waals surface area contributed by atoms with Crippen LogP contribution in [0.25, 0.3) is 0 Å². The third-order valence-electron chi connectivity index (χ3n) is 1.92. The van der Waals surface area contributed by atoms with Crippen LogP contribution in [-0.4, -0.2) is 21.7 Å². The Morgan fingerprint density at radius 2 is 1.80 bits per heavy atom. The average molecular weight is 228 g/mol. The van der Waals surface area contributed by atoms with Gasteiger partial charge in [-0.15, -0.1) is 0 Å². The van der Waals surface area contributed by atoms with E-state index < -0.39 is 19.5 Å². The van der Waals surface area contributed by atoms with Crippen LogP contribution in [0.15, 0.2) is 30.3 Å². The molecule has 0 aliphatic heterocycles. The van der Waals surface area contributed by atoms with Crippen LogP contribution >= 0.6 is 7.60 Å². The molecular weight excluding hydrogens is 215 g/mol. The minimum Gasteiger partial charge on any atom is -0.324 e. The van der Waals surface area contributed by atoms with Gasteiger partial charge in [-0.1, -0.05) is 30.3 Å². The predicted octanol–water partition coefficient (Wildman–Crippen LogP) is 1.37. The first-order valence-electron chi connectivity index (χ1n) is 4.57. The molecule has 2 N–H and O–H groups in total. The van der Waals surface area contributed by atoms with E-state index in [0.29, 0.717) is 6.42 Å². The molecular formula is C10H13O4P. The Morgan fingerprint density at radius 1 is 1.20 bits per heavy atom. The second kappa shape index (κ2) is 5.21. The minimum absolute atomic E-state index is 0.176. The standard InChI is InChI=1S/C10H13O4P/c11-10(8-15(12,13)14)7-6-9-4-2-1-3-5-9/h1-5H,6-8H2,(H2,12,13,14). The third-order valence-corrected chi connectivity index (χ3v) is 2.68. The van der Waals surface area contributed by atoms with E-state index >= 15 is 0 Å². The van der Waals surface area contributed by atoms with Gasteiger partial charge in [-0.05, 0) is 12.0 Å². The molecule has 0 radical (unpaired) electrons. The third kappa shape index (κ3) is 5.47. The summed E-state index contributed by atoms with van der Waals surface area (Å²) in [5.41, 5.74) is 0.997. The SMILES string of the molecule is O=C(CCc1ccccc1)CP(=O)(O)O. The van der Waals surface area contributed by atoms with Crippen LogP contribution in [0.4, 0.5) is 0 Å². The van der Waals surface area contributed by atoms with E-state index in [-0.39, 0.29) is 6.42 Å². The van der Waals surface area contributed by atoms with Crippen molar-refractivity contribution in [1.82, 2.24) is 0 Å². The molecule has 4 nitrogen and oxygen atoms in total. The van der Waals surface area contributed by atoms with E-state index in [2.05, 4.69) is 0 Å². The lowest BCUT2D eigenvalue weighted by Gasteiger charge is -2.03. The number of hydrogen-bond donors (Lipinski definition) is 2.